The van der Waals surface area contributed by atoms with Crippen LogP contribution in [0.3, 0.4) is 0 Å². The second kappa shape index (κ2) is 6.34. The Hall–Kier alpha value is -2.41. The Labute approximate surface area is 156 Å². The fourth-order valence-electron chi connectivity index (χ4n) is 4.30. The van der Waals surface area contributed by atoms with Crippen LogP contribution in [0.15, 0.2) is 16.9 Å². The molecule has 1 aliphatic heterocycles. The van der Waals surface area contributed by atoms with Crippen molar-refractivity contribution in [3.8, 4) is 0 Å². The summed E-state index contributed by atoms with van der Waals surface area (Å²) in [5.74, 6) is -1.36. The maximum Gasteiger partial charge on any atom is 0.341 e. The smallest absolute Gasteiger partial charge is 0.341 e. The number of aromatic carboxylic acids is 1. The number of fused-ring (bicyclic) bond motifs is 1. The molecule has 2 atom stereocenters. The summed E-state index contributed by atoms with van der Waals surface area (Å²) in [7, 11) is 0. The number of hydrogen-bond donors (Lipinski definition) is 2. The summed E-state index contributed by atoms with van der Waals surface area (Å²) in [5, 5.41) is 9.83. The van der Waals surface area contributed by atoms with Crippen LogP contribution in [0.5, 0.6) is 0 Å². The van der Waals surface area contributed by atoms with Gasteiger partial charge in [0.2, 0.25) is 0 Å². The third kappa shape index (κ3) is 2.90. The molecular formula is C20H24FN3O3. The van der Waals surface area contributed by atoms with E-state index in [9.17, 15) is 14.7 Å². The number of pyridine rings is 1. The largest absolute Gasteiger partial charge is 0.477 e. The number of aromatic nitrogens is 1. The van der Waals surface area contributed by atoms with Gasteiger partial charge in [-0.15, -0.1) is 0 Å². The second-order valence-corrected chi connectivity index (χ2v) is 7.89. The summed E-state index contributed by atoms with van der Waals surface area (Å²) in [6.45, 7) is 5.19. The first kappa shape index (κ1) is 18.0. The molecule has 6 nitrogen and oxygen atoms in total. The van der Waals surface area contributed by atoms with E-state index in [-0.39, 0.29) is 23.5 Å². The average Bonchev–Trinajstić information content (AvgIpc) is 3.31. The lowest BCUT2D eigenvalue weighted by Gasteiger charge is -2.25. The molecule has 1 aliphatic carbocycles. The molecule has 2 heterocycles. The van der Waals surface area contributed by atoms with Gasteiger partial charge in [-0.05, 0) is 56.7 Å². The zero-order valence-electron chi connectivity index (χ0n) is 15.5. The Morgan fingerprint density at radius 1 is 1.33 bits per heavy atom. The van der Waals surface area contributed by atoms with Gasteiger partial charge in [-0.3, -0.25) is 4.79 Å². The fraction of sp³-hybridized carbons (Fsp3) is 0.500. The van der Waals surface area contributed by atoms with Crippen LogP contribution in [-0.2, 0) is 0 Å². The molecule has 144 valence electrons. The van der Waals surface area contributed by atoms with Crippen LogP contribution < -0.4 is 16.2 Å². The molecule has 1 unspecified atom stereocenters. The summed E-state index contributed by atoms with van der Waals surface area (Å²) < 4.78 is 16.6. The topological polar surface area (TPSA) is 88.6 Å². The standard InChI is InChI=1S/C20H24FN3O3/c1-10-17-13(7-15(20(26)27)19(25)24(17)14-3-4-14)8-16(21)18(10)23-6-5-12(9-23)11(2)22/h7-8,11-12,14H,3-6,9,22H2,1-2H3,(H,26,27)/t11-,12?/m0/s1. The number of halogens is 1. The van der Waals surface area contributed by atoms with E-state index in [0.29, 0.717) is 34.6 Å². The molecule has 0 amide bonds. The molecule has 4 rings (SSSR count). The van der Waals surface area contributed by atoms with E-state index in [0.717, 1.165) is 25.8 Å². The van der Waals surface area contributed by atoms with Crippen molar-refractivity contribution in [3.05, 3.63) is 39.4 Å². The molecule has 1 aromatic carbocycles. The van der Waals surface area contributed by atoms with Gasteiger partial charge in [-0.1, -0.05) is 0 Å². The summed E-state index contributed by atoms with van der Waals surface area (Å²) in [5.41, 5.74) is 7.05. The van der Waals surface area contributed by atoms with Gasteiger partial charge < -0.3 is 20.3 Å². The van der Waals surface area contributed by atoms with E-state index in [1.54, 1.807) is 4.57 Å². The van der Waals surface area contributed by atoms with E-state index in [4.69, 9.17) is 5.73 Å². The van der Waals surface area contributed by atoms with Crippen LogP contribution in [0.25, 0.3) is 10.9 Å². The van der Waals surface area contributed by atoms with Crippen LogP contribution in [0, 0.1) is 18.7 Å². The highest BCUT2D eigenvalue weighted by atomic mass is 19.1. The average molecular weight is 373 g/mol. The number of nitrogens with zero attached hydrogens (tertiary/aromatic N) is 2. The Kier molecular flexibility index (Phi) is 4.22. The zero-order chi connectivity index (χ0) is 19.5. The number of hydrogen-bond acceptors (Lipinski definition) is 4. The number of rotatable bonds is 4. The van der Waals surface area contributed by atoms with E-state index >= 15 is 4.39 Å². The van der Waals surface area contributed by atoms with Gasteiger partial charge in [0.1, 0.15) is 11.4 Å². The minimum Gasteiger partial charge on any atom is -0.477 e. The minimum atomic E-state index is -1.28. The van der Waals surface area contributed by atoms with Gasteiger partial charge in [0.15, 0.2) is 0 Å². The lowest BCUT2D eigenvalue weighted by atomic mass is 10.0. The molecule has 2 aromatic rings. The zero-order valence-corrected chi connectivity index (χ0v) is 15.5. The van der Waals surface area contributed by atoms with Crippen molar-refractivity contribution in [2.75, 3.05) is 18.0 Å². The van der Waals surface area contributed by atoms with Crippen molar-refractivity contribution in [2.24, 2.45) is 11.7 Å². The third-order valence-electron chi connectivity index (χ3n) is 5.91. The molecule has 3 N–H and O–H groups in total. The van der Waals surface area contributed by atoms with E-state index < -0.39 is 11.5 Å². The number of carbonyl (C=O) groups is 1. The highest BCUT2D eigenvalue weighted by molar-refractivity contribution is 5.95. The molecule has 0 spiro atoms. The minimum absolute atomic E-state index is 0.00768. The molecule has 0 radical (unpaired) electrons. The molecule has 0 bridgehead atoms. The van der Waals surface area contributed by atoms with Crippen LogP contribution >= 0.6 is 0 Å². The van der Waals surface area contributed by atoms with E-state index in [1.807, 2.05) is 18.7 Å². The van der Waals surface area contributed by atoms with Crippen LogP contribution in [-0.4, -0.2) is 34.8 Å². The second-order valence-electron chi connectivity index (χ2n) is 7.89. The van der Waals surface area contributed by atoms with Crippen molar-refractivity contribution >= 4 is 22.6 Å². The summed E-state index contributed by atoms with van der Waals surface area (Å²) in [6, 6.07) is 2.70. The number of carboxylic acids is 1. The van der Waals surface area contributed by atoms with Crippen molar-refractivity contribution in [2.45, 2.75) is 45.2 Å². The normalized spacial score (nSPS) is 21.0. The Balaban J connectivity index is 1.93. The molecular weight excluding hydrogens is 349 g/mol. The molecule has 2 fully saturated rings. The molecule has 27 heavy (non-hydrogen) atoms. The first-order chi connectivity index (χ1) is 12.8. The predicted octanol–water partition coefficient (Wildman–Crippen LogP) is 2.66. The molecule has 2 aliphatic rings. The molecule has 1 saturated heterocycles. The summed E-state index contributed by atoms with van der Waals surface area (Å²) in [4.78, 5) is 26.3. The number of benzene rings is 1. The Morgan fingerprint density at radius 3 is 2.59 bits per heavy atom. The number of nitrogens with two attached hydrogens (primary N) is 1. The van der Waals surface area contributed by atoms with Gasteiger partial charge in [-0.25, -0.2) is 9.18 Å². The number of aryl methyl sites for hydroxylation is 1. The van der Waals surface area contributed by atoms with Crippen molar-refractivity contribution in [3.63, 3.8) is 0 Å². The van der Waals surface area contributed by atoms with Gasteiger partial charge in [0.25, 0.3) is 5.56 Å². The maximum atomic E-state index is 15.0. The van der Waals surface area contributed by atoms with E-state index in [1.165, 1.54) is 12.1 Å². The Morgan fingerprint density at radius 2 is 2.04 bits per heavy atom. The first-order valence-corrected chi connectivity index (χ1v) is 9.41. The summed E-state index contributed by atoms with van der Waals surface area (Å²) in [6.07, 6.45) is 2.57. The van der Waals surface area contributed by atoms with Gasteiger partial charge in [0, 0.05) is 30.6 Å². The van der Waals surface area contributed by atoms with Crippen molar-refractivity contribution in [1.29, 1.82) is 0 Å². The first-order valence-electron chi connectivity index (χ1n) is 9.41. The van der Waals surface area contributed by atoms with Gasteiger partial charge in [-0.2, -0.15) is 0 Å². The molecule has 7 heteroatoms. The highest BCUT2D eigenvalue weighted by Gasteiger charge is 2.32. The van der Waals surface area contributed by atoms with Crippen LogP contribution in [0.4, 0.5) is 10.1 Å². The van der Waals surface area contributed by atoms with Gasteiger partial charge >= 0.3 is 5.97 Å². The van der Waals surface area contributed by atoms with Crippen LogP contribution in [0.2, 0.25) is 0 Å². The Bertz CT molecular complexity index is 994. The highest BCUT2D eigenvalue weighted by Crippen LogP contribution is 2.40. The third-order valence-corrected chi connectivity index (χ3v) is 5.91. The van der Waals surface area contributed by atoms with Crippen LogP contribution in [0.1, 0.15) is 48.1 Å². The van der Waals surface area contributed by atoms with Crippen molar-refractivity contribution < 1.29 is 14.3 Å². The summed E-state index contributed by atoms with van der Waals surface area (Å²) >= 11 is 0. The predicted molar refractivity (Wildman–Crippen MR) is 102 cm³/mol. The maximum absolute atomic E-state index is 15.0. The number of anilines is 1. The SMILES string of the molecule is Cc1c(N2CCC([C@H](C)N)C2)c(F)cc2cc(C(=O)O)c(=O)n(C3CC3)c12. The fourth-order valence-corrected chi connectivity index (χ4v) is 4.30. The van der Waals surface area contributed by atoms with Gasteiger partial charge in [0.05, 0.1) is 11.2 Å². The quantitative estimate of drug-likeness (QED) is 0.860. The monoisotopic (exact) mass is 373 g/mol. The number of carboxylic acid groups (broad SMARTS) is 1. The van der Waals surface area contributed by atoms with Crippen molar-refractivity contribution in [1.82, 2.24) is 4.57 Å². The lowest BCUT2D eigenvalue weighted by Crippen LogP contribution is -2.31. The van der Waals surface area contributed by atoms with E-state index in [2.05, 4.69) is 0 Å². The molecule has 1 aromatic heterocycles. The lowest BCUT2D eigenvalue weighted by molar-refractivity contribution is 0.0694. The molecule has 1 saturated carbocycles.